The topological polar surface area (TPSA) is 143 Å². The summed E-state index contributed by atoms with van der Waals surface area (Å²) in [6, 6.07) is 10.6. The number of H-pyrrole nitrogens is 1. The van der Waals surface area contributed by atoms with Crippen molar-refractivity contribution in [3.63, 3.8) is 0 Å². The number of carbonyl (C=O) groups excluding carboxylic acids is 2. The van der Waals surface area contributed by atoms with Crippen molar-refractivity contribution >= 4 is 11.8 Å². The highest BCUT2D eigenvalue weighted by atomic mass is 16.5. The Labute approximate surface area is 214 Å². The monoisotopic (exact) mass is 505 g/mol. The van der Waals surface area contributed by atoms with Crippen molar-refractivity contribution in [2.45, 2.75) is 38.1 Å². The van der Waals surface area contributed by atoms with Gasteiger partial charge in [-0.15, -0.1) is 0 Å². The number of aromatic nitrogens is 2. The Morgan fingerprint density at radius 2 is 2.03 bits per heavy atom. The van der Waals surface area contributed by atoms with E-state index < -0.39 is 12.0 Å². The maximum atomic E-state index is 13.0. The molecule has 1 fully saturated rings. The van der Waals surface area contributed by atoms with Crippen LogP contribution >= 0.6 is 0 Å². The number of hydrogen-bond donors (Lipinski definition) is 4. The molecule has 3 aromatic rings. The summed E-state index contributed by atoms with van der Waals surface area (Å²) in [6.45, 7) is 3.07. The van der Waals surface area contributed by atoms with Gasteiger partial charge in [-0.05, 0) is 53.4 Å². The molecule has 5 rings (SSSR count). The lowest BCUT2D eigenvalue weighted by molar-refractivity contribution is 0.0302. The van der Waals surface area contributed by atoms with Gasteiger partial charge >= 0.3 is 0 Å². The van der Waals surface area contributed by atoms with E-state index >= 15 is 0 Å². The minimum Gasteiger partial charge on any atom is -0.489 e. The van der Waals surface area contributed by atoms with Gasteiger partial charge in [0, 0.05) is 55.0 Å². The lowest BCUT2D eigenvalue weighted by Crippen LogP contribution is -2.45. The third kappa shape index (κ3) is 5.82. The fourth-order valence-corrected chi connectivity index (χ4v) is 4.85. The van der Waals surface area contributed by atoms with Gasteiger partial charge < -0.3 is 30.5 Å². The van der Waals surface area contributed by atoms with Crippen LogP contribution in [-0.2, 0) is 30.7 Å². The molecular weight excluding hydrogens is 474 g/mol. The van der Waals surface area contributed by atoms with E-state index in [-0.39, 0.29) is 18.4 Å². The first-order chi connectivity index (χ1) is 18.0. The van der Waals surface area contributed by atoms with Crippen molar-refractivity contribution in [3.8, 4) is 5.75 Å². The molecule has 2 aliphatic rings. The number of nitrogens with one attached hydrogen (secondary N) is 2. The van der Waals surface area contributed by atoms with Gasteiger partial charge in [0.15, 0.2) is 0 Å². The molecule has 2 atom stereocenters. The molecule has 3 heterocycles. The molecule has 0 bridgehead atoms. The Hall–Kier alpha value is -3.73. The molecule has 2 aliphatic heterocycles. The van der Waals surface area contributed by atoms with E-state index in [0.29, 0.717) is 62.6 Å². The number of hydrogen-bond acceptors (Lipinski definition) is 7. The summed E-state index contributed by atoms with van der Waals surface area (Å²) in [7, 11) is 0. The number of morpholine rings is 1. The fourth-order valence-electron chi connectivity index (χ4n) is 4.85. The predicted octanol–water partition coefficient (Wildman–Crippen LogP) is 1.18. The number of nitrogens with zero attached hydrogens (tertiary/aromatic N) is 2. The number of fused-ring (bicyclic) bond motifs is 1. The lowest BCUT2D eigenvalue weighted by Gasteiger charge is -2.31. The van der Waals surface area contributed by atoms with E-state index in [1.807, 2.05) is 18.2 Å². The largest absolute Gasteiger partial charge is 0.489 e. The van der Waals surface area contributed by atoms with Crippen LogP contribution in [0.5, 0.6) is 5.75 Å². The number of benzene rings is 2. The third-order valence-electron chi connectivity index (χ3n) is 6.94. The van der Waals surface area contributed by atoms with Gasteiger partial charge in [0.25, 0.3) is 5.91 Å². The zero-order chi connectivity index (χ0) is 25.8. The number of aromatic amines is 1. The number of aliphatic hydroxyl groups excluding tert-OH is 1. The lowest BCUT2D eigenvalue weighted by atomic mass is 9.89. The zero-order valence-corrected chi connectivity index (χ0v) is 20.5. The Balaban J connectivity index is 1.26. The molecule has 1 saturated heterocycles. The van der Waals surface area contributed by atoms with E-state index in [4.69, 9.17) is 15.2 Å². The van der Waals surface area contributed by atoms with E-state index in [2.05, 4.69) is 15.5 Å². The molecule has 0 unspecified atom stereocenters. The molecular formula is C27H31N5O5. The van der Waals surface area contributed by atoms with Crippen LogP contribution in [0, 0.1) is 0 Å². The van der Waals surface area contributed by atoms with Gasteiger partial charge in [0.1, 0.15) is 12.4 Å². The zero-order valence-electron chi connectivity index (χ0n) is 20.5. The number of aliphatic hydroxyl groups is 1. The fraction of sp³-hybridized carbons (Fsp3) is 0.370. The van der Waals surface area contributed by atoms with Gasteiger partial charge in [0.05, 0.1) is 25.5 Å². The Bertz CT molecular complexity index is 1260. The van der Waals surface area contributed by atoms with Crippen LogP contribution in [0.1, 0.15) is 43.0 Å². The van der Waals surface area contributed by atoms with Crippen molar-refractivity contribution in [1.29, 1.82) is 0 Å². The van der Waals surface area contributed by atoms with Crippen LogP contribution in [0.4, 0.5) is 0 Å². The molecule has 2 aromatic carbocycles. The van der Waals surface area contributed by atoms with Gasteiger partial charge in [-0.2, -0.15) is 5.10 Å². The van der Waals surface area contributed by atoms with Gasteiger partial charge in [-0.25, -0.2) is 0 Å². The molecule has 0 spiro atoms. The first-order valence-electron chi connectivity index (χ1n) is 12.4. The summed E-state index contributed by atoms with van der Waals surface area (Å²) in [5.41, 5.74) is 10.2. The Morgan fingerprint density at radius 1 is 1.19 bits per heavy atom. The minimum absolute atomic E-state index is 0.120. The summed E-state index contributed by atoms with van der Waals surface area (Å²) in [4.78, 5) is 26.8. The number of carbonyl (C=O) groups is 2. The van der Waals surface area contributed by atoms with Crippen LogP contribution in [0.2, 0.25) is 0 Å². The molecule has 10 nitrogen and oxygen atoms in total. The SMILES string of the molecule is NC(=O)c1ccc(C(=O)N2CCOCC2)cc1C[C@@H](O)[C@@H]1Cc2ccc(OCc3cn[nH]c3)cc2CN1. The smallest absolute Gasteiger partial charge is 0.254 e. The average Bonchev–Trinajstić information content (AvgIpc) is 3.45. The molecule has 10 heteroatoms. The predicted molar refractivity (Wildman–Crippen MR) is 135 cm³/mol. The van der Waals surface area contributed by atoms with Crippen molar-refractivity contribution < 1.29 is 24.2 Å². The van der Waals surface area contributed by atoms with E-state index in [0.717, 1.165) is 22.4 Å². The van der Waals surface area contributed by atoms with Crippen LogP contribution in [0.15, 0.2) is 48.8 Å². The Kier molecular flexibility index (Phi) is 7.50. The highest BCUT2D eigenvalue weighted by molar-refractivity contribution is 5.98. The molecule has 37 heavy (non-hydrogen) atoms. The molecule has 0 radical (unpaired) electrons. The molecule has 194 valence electrons. The molecule has 1 aromatic heterocycles. The van der Waals surface area contributed by atoms with Gasteiger partial charge in [0.2, 0.25) is 5.91 Å². The van der Waals surface area contributed by atoms with Crippen LogP contribution in [-0.4, -0.2) is 70.5 Å². The number of nitrogens with two attached hydrogens (primary N) is 1. The second-order valence-electron chi connectivity index (χ2n) is 9.43. The van der Waals surface area contributed by atoms with Crippen LogP contribution in [0.3, 0.4) is 0 Å². The normalized spacial score (nSPS) is 18.2. The minimum atomic E-state index is -0.781. The molecule has 2 amide bonds. The first-order valence-corrected chi connectivity index (χ1v) is 12.4. The van der Waals surface area contributed by atoms with Crippen LogP contribution in [0.25, 0.3) is 0 Å². The third-order valence-corrected chi connectivity index (χ3v) is 6.94. The number of ether oxygens (including phenoxy) is 2. The van der Waals surface area contributed by atoms with Crippen molar-refractivity contribution in [2.24, 2.45) is 5.73 Å². The summed E-state index contributed by atoms with van der Waals surface area (Å²) in [6.07, 6.45) is 3.56. The highest BCUT2D eigenvalue weighted by Crippen LogP contribution is 2.25. The van der Waals surface area contributed by atoms with Crippen molar-refractivity contribution in [3.05, 3.63) is 82.2 Å². The summed E-state index contributed by atoms with van der Waals surface area (Å²) < 4.78 is 11.2. The van der Waals surface area contributed by atoms with Gasteiger partial charge in [-0.3, -0.25) is 14.7 Å². The molecule has 0 saturated carbocycles. The second-order valence-corrected chi connectivity index (χ2v) is 9.43. The maximum absolute atomic E-state index is 13.0. The van der Waals surface area contributed by atoms with Crippen molar-refractivity contribution in [1.82, 2.24) is 20.4 Å². The molecule has 0 aliphatic carbocycles. The number of rotatable bonds is 8. The summed E-state index contributed by atoms with van der Waals surface area (Å²) in [5, 5.41) is 21.2. The van der Waals surface area contributed by atoms with Crippen molar-refractivity contribution in [2.75, 3.05) is 26.3 Å². The molecule has 5 N–H and O–H groups in total. The first kappa shape index (κ1) is 24.9. The van der Waals surface area contributed by atoms with E-state index in [1.165, 1.54) is 0 Å². The second kappa shape index (κ2) is 11.1. The van der Waals surface area contributed by atoms with E-state index in [1.54, 1.807) is 35.5 Å². The number of primary amides is 1. The quantitative estimate of drug-likeness (QED) is 0.360. The standard InChI is InChI=1S/C27H31N5O5/c28-26(34)23-4-2-19(27(35)32-5-7-36-8-6-32)9-20(23)12-25(33)24-11-18-1-3-22(10-21(18)15-29-24)37-16-17-13-30-31-14-17/h1-4,9-10,13-14,24-25,29,33H,5-8,11-12,15-16H2,(H2,28,34)(H,30,31)/t24-,25+/m0/s1. The van der Waals surface area contributed by atoms with Gasteiger partial charge in [-0.1, -0.05) is 6.07 Å². The Morgan fingerprint density at radius 3 is 2.78 bits per heavy atom. The number of amides is 2. The maximum Gasteiger partial charge on any atom is 0.254 e. The van der Waals surface area contributed by atoms with Crippen LogP contribution < -0.4 is 15.8 Å². The highest BCUT2D eigenvalue weighted by Gasteiger charge is 2.27. The average molecular weight is 506 g/mol. The van der Waals surface area contributed by atoms with E-state index in [9.17, 15) is 14.7 Å². The summed E-state index contributed by atoms with van der Waals surface area (Å²) in [5.74, 6) is 0.0663. The summed E-state index contributed by atoms with van der Waals surface area (Å²) >= 11 is 0.